The van der Waals surface area contributed by atoms with Crippen LogP contribution in [-0.2, 0) is 9.47 Å². The molecule has 0 bridgehead atoms. The first-order valence-corrected chi connectivity index (χ1v) is 4.35. The SMILES string of the molecule is COC(OC)C(NN)C1CCC1. The second-order valence-electron chi connectivity index (χ2n) is 3.22. The van der Waals surface area contributed by atoms with Crippen molar-refractivity contribution in [3.63, 3.8) is 0 Å². The molecule has 4 heteroatoms. The number of methoxy groups -OCH3 is 2. The lowest BCUT2D eigenvalue weighted by Crippen LogP contribution is -2.52. The van der Waals surface area contributed by atoms with Gasteiger partial charge in [0.2, 0.25) is 0 Å². The Morgan fingerprint density at radius 3 is 2.17 bits per heavy atom. The molecule has 0 heterocycles. The van der Waals surface area contributed by atoms with E-state index in [4.69, 9.17) is 15.3 Å². The van der Waals surface area contributed by atoms with E-state index in [9.17, 15) is 0 Å². The Morgan fingerprint density at radius 1 is 1.33 bits per heavy atom. The van der Waals surface area contributed by atoms with Gasteiger partial charge in [0.1, 0.15) is 0 Å². The third-order valence-electron chi connectivity index (χ3n) is 2.61. The van der Waals surface area contributed by atoms with E-state index >= 15 is 0 Å². The lowest BCUT2D eigenvalue weighted by molar-refractivity contribution is -0.138. The highest BCUT2D eigenvalue weighted by molar-refractivity contribution is 4.83. The number of nitrogens with one attached hydrogen (secondary N) is 1. The quantitative estimate of drug-likeness (QED) is 0.356. The lowest BCUT2D eigenvalue weighted by atomic mass is 9.79. The van der Waals surface area contributed by atoms with Gasteiger partial charge in [-0.3, -0.25) is 11.3 Å². The fraction of sp³-hybridized carbons (Fsp3) is 1.00. The second-order valence-corrected chi connectivity index (χ2v) is 3.22. The van der Waals surface area contributed by atoms with Crippen molar-refractivity contribution in [3.05, 3.63) is 0 Å². The van der Waals surface area contributed by atoms with Crippen LogP contribution in [0.2, 0.25) is 0 Å². The molecule has 3 N–H and O–H groups in total. The molecule has 1 fully saturated rings. The van der Waals surface area contributed by atoms with Crippen LogP contribution in [0.15, 0.2) is 0 Å². The van der Waals surface area contributed by atoms with Gasteiger partial charge in [0.05, 0.1) is 6.04 Å². The molecule has 1 rings (SSSR count). The molecule has 1 saturated carbocycles. The van der Waals surface area contributed by atoms with Gasteiger partial charge >= 0.3 is 0 Å². The number of hydrazine groups is 1. The first-order valence-electron chi connectivity index (χ1n) is 4.35. The Hall–Kier alpha value is -0.160. The molecule has 0 aromatic heterocycles. The van der Waals surface area contributed by atoms with Crippen LogP contribution in [0, 0.1) is 5.92 Å². The molecule has 72 valence electrons. The standard InChI is InChI=1S/C8H18N2O2/c1-11-8(12-2)7(10-9)6-4-3-5-6/h6-8,10H,3-5,9H2,1-2H3. The summed E-state index contributed by atoms with van der Waals surface area (Å²) in [5, 5.41) is 0. The largest absolute Gasteiger partial charge is 0.354 e. The van der Waals surface area contributed by atoms with Gasteiger partial charge in [-0.25, -0.2) is 0 Å². The topological polar surface area (TPSA) is 56.5 Å². The van der Waals surface area contributed by atoms with Gasteiger partial charge in [0.25, 0.3) is 0 Å². The molecule has 0 aromatic rings. The Morgan fingerprint density at radius 2 is 1.92 bits per heavy atom. The van der Waals surface area contributed by atoms with Crippen LogP contribution < -0.4 is 11.3 Å². The predicted octanol–water partition coefficient (Wildman–Crippen LogP) is 0.237. The molecule has 1 aliphatic rings. The smallest absolute Gasteiger partial charge is 0.173 e. The Balaban J connectivity index is 2.40. The summed E-state index contributed by atoms with van der Waals surface area (Å²) >= 11 is 0. The third-order valence-corrected chi connectivity index (χ3v) is 2.61. The van der Waals surface area contributed by atoms with Crippen LogP contribution in [0.3, 0.4) is 0 Å². The van der Waals surface area contributed by atoms with E-state index in [2.05, 4.69) is 5.43 Å². The minimum Gasteiger partial charge on any atom is -0.354 e. The van der Waals surface area contributed by atoms with E-state index in [0.717, 1.165) is 0 Å². The molecule has 0 aromatic carbocycles. The van der Waals surface area contributed by atoms with Gasteiger partial charge in [0.15, 0.2) is 6.29 Å². The normalized spacial score (nSPS) is 21.0. The summed E-state index contributed by atoms with van der Waals surface area (Å²) < 4.78 is 10.3. The summed E-state index contributed by atoms with van der Waals surface area (Å²) in [7, 11) is 3.27. The van der Waals surface area contributed by atoms with E-state index < -0.39 is 0 Å². The van der Waals surface area contributed by atoms with E-state index in [1.807, 2.05) is 0 Å². The minimum atomic E-state index is -0.222. The van der Waals surface area contributed by atoms with Crippen LogP contribution in [-0.4, -0.2) is 26.6 Å². The summed E-state index contributed by atoms with van der Waals surface area (Å²) in [6, 6.07) is 0.133. The van der Waals surface area contributed by atoms with Gasteiger partial charge in [-0.2, -0.15) is 0 Å². The number of hydrogen-bond acceptors (Lipinski definition) is 4. The van der Waals surface area contributed by atoms with Crippen molar-refractivity contribution >= 4 is 0 Å². The molecule has 0 radical (unpaired) electrons. The molecule has 0 spiro atoms. The van der Waals surface area contributed by atoms with Crippen LogP contribution in [0.1, 0.15) is 19.3 Å². The van der Waals surface area contributed by atoms with Crippen molar-refractivity contribution in [2.24, 2.45) is 11.8 Å². The van der Waals surface area contributed by atoms with Crippen LogP contribution >= 0.6 is 0 Å². The van der Waals surface area contributed by atoms with E-state index in [-0.39, 0.29) is 12.3 Å². The second kappa shape index (κ2) is 4.77. The number of hydrogen-bond donors (Lipinski definition) is 2. The zero-order chi connectivity index (χ0) is 8.97. The van der Waals surface area contributed by atoms with Gasteiger partial charge in [-0.15, -0.1) is 0 Å². The van der Waals surface area contributed by atoms with Crippen molar-refractivity contribution in [1.82, 2.24) is 5.43 Å². The Bertz CT molecular complexity index is 124. The van der Waals surface area contributed by atoms with E-state index in [1.165, 1.54) is 19.3 Å². The minimum absolute atomic E-state index is 0.133. The molecule has 1 aliphatic carbocycles. The fourth-order valence-electron chi connectivity index (χ4n) is 1.63. The molecule has 12 heavy (non-hydrogen) atoms. The number of ether oxygens (including phenoxy) is 2. The van der Waals surface area contributed by atoms with Crippen molar-refractivity contribution in [3.8, 4) is 0 Å². The van der Waals surface area contributed by atoms with Gasteiger partial charge in [0, 0.05) is 14.2 Å². The molecule has 1 unspecified atom stereocenters. The maximum Gasteiger partial charge on any atom is 0.173 e. The maximum absolute atomic E-state index is 5.43. The highest BCUT2D eigenvalue weighted by Gasteiger charge is 2.32. The number of rotatable bonds is 5. The Labute approximate surface area is 73.4 Å². The zero-order valence-electron chi connectivity index (χ0n) is 7.75. The van der Waals surface area contributed by atoms with E-state index in [1.54, 1.807) is 14.2 Å². The lowest BCUT2D eigenvalue weighted by Gasteiger charge is -2.36. The van der Waals surface area contributed by atoms with Gasteiger partial charge < -0.3 is 9.47 Å². The predicted molar refractivity (Wildman–Crippen MR) is 46.3 cm³/mol. The fourth-order valence-corrected chi connectivity index (χ4v) is 1.63. The first-order chi connectivity index (χ1) is 5.83. The van der Waals surface area contributed by atoms with Crippen molar-refractivity contribution in [2.75, 3.05) is 14.2 Å². The van der Waals surface area contributed by atoms with E-state index in [0.29, 0.717) is 5.92 Å². The van der Waals surface area contributed by atoms with Crippen LogP contribution in [0.4, 0.5) is 0 Å². The molecule has 0 amide bonds. The van der Waals surface area contributed by atoms with Crippen molar-refractivity contribution < 1.29 is 9.47 Å². The maximum atomic E-state index is 5.43. The molecular formula is C8H18N2O2. The van der Waals surface area contributed by atoms with Crippen molar-refractivity contribution in [2.45, 2.75) is 31.6 Å². The van der Waals surface area contributed by atoms with Gasteiger partial charge in [-0.05, 0) is 18.8 Å². The van der Waals surface area contributed by atoms with Crippen LogP contribution in [0.5, 0.6) is 0 Å². The summed E-state index contributed by atoms with van der Waals surface area (Å²) in [5.74, 6) is 6.04. The molecule has 0 aliphatic heterocycles. The monoisotopic (exact) mass is 174 g/mol. The first kappa shape index (κ1) is 9.92. The molecule has 1 atom stereocenters. The molecular weight excluding hydrogens is 156 g/mol. The summed E-state index contributed by atoms with van der Waals surface area (Å²) in [6.07, 6.45) is 3.51. The summed E-state index contributed by atoms with van der Waals surface area (Å²) in [6.45, 7) is 0. The van der Waals surface area contributed by atoms with Crippen molar-refractivity contribution in [1.29, 1.82) is 0 Å². The van der Waals surface area contributed by atoms with Gasteiger partial charge in [-0.1, -0.05) is 6.42 Å². The highest BCUT2D eigenvalue weighted by atomic mass is 16.7. The number of nitrogens with two attached hydrogens (primary N) is 1. The average Bonchev–Trinajstić information content (AvgIpc) is 2.01. The summed E-state index contributed by atoms with van der Waals surface area (Å²) in [5.41, 5.74) is 2.76. The van der Waals surface area contributed by atoms with Crippen LogP contribution in [0.25, 0.3) is 0 Å². The summed E-state index contributed by atoms with van der Waals surface area (Å²) in [4.78, 5) is 0. The average molecular weight is 174 g/mol. The molecule has 4 nitrogen and oxygen atoms in total. The third kappa shape index (κ3) is 1.95. The highest BCUT2D eigenvalue weighted by Crippen LogP contribution is 2.31. The Kier molecular flexibility index (Phi) is 3.94. The molecule has 0 saturated heterocycles. The zero-order valence-corrected chi connectivity index (χ0v) is 7.75.